The largest absolute Gasteiger partial charge is 0.507 e. The lowest BCUT2D eigenvalue weighted by Gasteiger charge is -2.02. The molecule has 0 aromatic heterocycles. The number of esters is 1. The number of hydrogen-bond acceptors (Lipinski definition) is 5. The molecule has 3 N–H and O–H groups in total. The zero-order valence-corrected chi connectivity index (χ0v) is 7.60. The van der Waals surface area contributed by atoms with E-state index in [1.165, 1.54) is 25.5 Å². The Balaban J connectivity index is 3.14. The molecule has 0 saturated heterocycles. The standard InChI is InChI=1S/C9H10N2O3/c1-14-9(13)7-4-6(5-11-10)2-3-8(7)12/h2-5,12H,10H2,1H3/b11-5+. The van der Waals surface area contributed by atoms with Gasteiger partial charge in [-0.15, -0.1) is 0 Å². The normalized spacial score (nSPS) is 10.4. The number of aromatic hydroxyl groups is 1. The van der Waals surface area contributed by atoms with Gasteiger partial charge in [-0.25, -0.2) is 4.79 Å². The van der Waals surface area contributed by atoms with Gasteiger partial charge in [-0.05, 0) is 23.8 Å². The lowest BCUT2D eigenvalue weighted by molar-refractivity contribution is 0.0597. The number of rotatable bonds is 2. The van der Waals surface area contributed by atoms with E-state index in [1.807, 2.05) is 0 Å². The number of phenols is 1. The molecule has 0 saturated carbocycles. The molecular weight excluding hydrogens is 184 g/mol. The van der Waals surface area contributed by atoms with Gasteiger partial charge in [0.25, 0.3) is 0 Å². The van der Waals surface area contributed by atoms with Crippen molar-refractivity contribution in [3.63, 3.8) is 0 Å². The lowest BCUT2D eigenvalue weighted by atomic mass is 10.1. The van der Waals surface area contributed by atoms with Crippen molar-refractivity contribution in [2.45, 2.75) is 0 Å². The van der Waals surface area contributed by atoms with Crippen LogP contribution in [0.5, 0.6) is 5.75 Å². The molecule has 0 aliphatic rings. The molecule has 5 heteroatoms. The predicted octanol–water partition coefficient (Wildman–Crippen LogP) is 0.471. The van der Waals surface area contributed by atoms with Gasteiger partial charge in [-0.3, -0.25) is 0 Å². The van der Waals surface area contributed by atoms with Crippen molar-refractivity contribution in [1.29, 1.82) is 0 Å². The van der Waals surface area contributed by atoms with Crippen LogP contribution in [0.3, 0.4) is 0 Å². The first-order chi connectivity index (χ1) is 6.69. The Kier molecular flexibility index (Phi) is 3.06. The molecular formula is C9H10N2O3. The third-order valence-corrected chi connectivity index (χ3v) is 1.65. The zero-order chi connectivity index (χ0) is 10.6. The summed E-state index contributed by atoms with van der Waals surface area (Å²) in [5, 5.41) is 12.6. The third-order valence-electron chi connectivity index (χ3n) is 1.65. The van der Waals surface area contributed by atoms with Crippen molar-refractivity contribution in [3.05, 3.63) is 29.3 Å². The van der Waals surface area contributed by atoms with Gasteiger partial charge in [0.15, 0.2) is 0 Å². The molecule has 1 aromatic carbocycles. The van der Waals surface area contributed by atoms with Crippen molar-refractivity contribution < 1.29 is 14.6 Å². The summed E-state index contributed by atoms with van der Waals surface area (Å²) in [6, 6.07) is 4.40. The van der Waals surface area contributed by atoms with E-state index < -0.39 is 5.97 Å². The number of methoxy groups -OCH3 is 1. The molecule has 0 bridgehead atoms. The van der Waals surface area contributed by atoms with E-state index in [1.54, 1.807) is 6.07 Å². The van der Waals surface area contributed by atoms with Crippen LogP contribution in [0.15, 0.2) is 23.3 Å². The van der Waals surface area contributed by atoms with Gasteiger partial charge >= 0.3 is 5.97 Å². The second kappa shape index (κ2) is 4.27. The minimum Gasteiger partial charge on any atom is -0.507 e. The number of carbonyl (C=O) groups excluding carboxylic acids is 1. The lowest BCUT2D eigenvalue weighted by Crippen LogP contribution is -2.02. The van der Waals surface area contributed by atoms with Gasteiger partial charge in [-0.2, -0.15) is 5.10 Å². The van der Waals surface area contributed by atoms with Crippen molar-refractivity contribution in [2.75, 3.05) is 7.11 Å². The fourth-order valence-corrected chi connectivity index (χ4v) is 0.993. The summed E-state index contributed by atoms with van der Waals surface area (Å²) in [7, 11) is 1.24. The van der Waals surface area contributed by atoms with E-state index >= 15 is 0 Å². The molecule has 0 spiro atoms. The average Bonchev–Trinajstić information content (AvgIpc) is 2.20. The summed E-state index contributed by atoms with van der Waals surface area (Å²) < 4.78 is 4.48. The van der Waals surface area contributed by atoms with Crippen LogP contribution in [0.4, 0.5) is 0 Å². The summed E-state index contributed by atoms with van der Waals surface area (Å²) in [4.78, 5) is 11.1. The van der Waals surface area contributed by atoms with Crippen molar-refractivity contribution in [3.8, 4) is 5.75 Å². The summed E-state index contributed by atoms with van der Waals surface area (Å²) in [5.41, 5.74) is 0.704. The first-order valence-electron chi connectivity index (χ1n) is 3.83. The molecule has 74 valence electrons. The molecule has 0 radical (unpaired) electrons. The molecule has 0 fully saturated rings. The number of hydrogen-bond donors (Lipinski definition) is 2. The number of hydrazone groups is 1. The second-order valence-corrected chi connectivity index (χ2v) is 2.55. The first kappa shape index (κ1) is 10.0. The van der Waals surface area contributed by atoms with Crippen LogP contribution in [-0.4, -0.2) is 24.4 Å². The SMILES string of the molecule is COC(=O)c1cc(/C=N/N)ccc1O. The molecule has 0 atom stereocenters. The van der Waals surface area contributed by atoms with Crippen LogP contribution in [0, 0.1) is 0 Å². The van der Waals surface area contributed by atoms with Crippen molar-refractivity contribution in [1.82, 2.24) is 0 Å². The number of carbonyl (C=O) groups is 1. The quantitative estimate of drug-likeness (QED) is 0.310. The highest BCUT2D eigenvalue weighted by Gasteiger charge is 2.11. The number of phenolic OH excluding ortho intramolecular Hbond substituents is 1. The van der Waals surface area contributed by atoms with E-state index in [2.05, 4.69) is 9.84 Å². The van der Waals surface area contributed by atoms with Crippen LogP contribution >= 0.6 is 0 Å². The van der Waals surface area contributed by atoms with Gasteiger partial charge in [0.05, 0.1) is 13.3 Å². The van der Waals surface area contributed by atoms with Crippen molar-refractivity contribution >= 4 is 12.2 Å². The van der Waals surface area contributed by atoms with Crippen LogP contribution < -0.4 is 5.84 Å². The Hall–Kier alpha value is -2.04. The number of benzene rings is 1. The first-order valence-corrected chi connectivity index (χ1v) is 3.83. The Morgan fingerprint density at radius 3 is 2.93 bits per heavy atom. The highest BCUT2D eigenvalue weighted by Crippen LogP contribution is 2.18. The Morgan fingerprint density at radius 2 is 2.36 bits per heavy atom. The fraction of sp³-hybridized carbons (Fsp3) is 0.111. The molecule has 1 aromatic rings. The minimum atomic E-state index is -0.602. The smallest absolute Gasteiger partial charge is 0.341 e. The van der Waals surface area contributed by atoms with E-state index in [0.29, 0.717) is 5.56 Å². The Labute approximate surface area is 80.8 Å². The predicted molar refractivity (Wildman–Crippen MR) is 51.2 cm³/mol. The maximum atomic E-state index is 11.1. The maximum Gasteiger partial charge on any atom is 0.341 e. The molecule has 0 aliphatic carbocycles. The highest BCUT2D eigenvalue weighted by molar-refractivity contribution is 5.94. The zero-order valence-electron chi connectivity index (χ0n) is 7.60. The van der Waals surface area contributed by atoms with E-state index in [4.69, 9.17) is 5.84 Å². The molecule has 0 amide bonds. The minimum absolute atomic E-state index is 0.0879. The summed E-state index contributed by atoms with van der Waals surface area (Å²) in [6.07, 6.45) is 1.37. The topological polar surface area (TPSA) is 84.9 Å². The van der Waals surface area contributed by atoms with Gasteiger partial charge in [-0.1, -0.05) is 0 Å². The molecule has 5 nitrogen and oxygen atoms in total. The Bertz CT molecular complexity index is 374. The highest BCUT2D eigenvalue weighted by atomic mass is 16.5. The van der Waals surface area contributed by atoms with Gasteiger partial charge in [0, 0.05) is 0 Å². The fourth-order valence-electron chi connectivity index (χ4n) is 0.993. The van der Waals surface area contributed by atoms with Crippen LogP contribution in [0.25, 0.3) is 0 Å². The van der Waals surface area contributed by atoms with E-state index in [9.17, 15) is 9.90 Å². The van der Waals surface area contributed by atoms with Gasteiger partial charge in [0.2, 0.25) is 0 Å². The molecule has 0 unspecified atom stereocenters. The van der Waals surface area contributed by atoms with Gasteiger partial charge in [0.1, 0.15) is 11.3 Å². The monoisotopic (exact) mass is 194 g/mol. The van der Waals surface area contributed by atoms with Crippen molar-refractivity contribution in [2.24, 2.45) is 10.9 Å². The molecule has 14 heavy (non-hydrogen) atoms. The molecule has 1 rings (SSSR count). The summed E-state index contributed by atoms with van der Waals surface area (Å²) in [6.45, 7) is 0. The number of ether oxygens (including phenoxy) is 1. The van der Waals surface area contributed by atoms with Crippen LogP contribution in [0.1, 0.15) is 15.9 Å². The maximum absolute atomic E-state index is 11.1. The van der Waals surface area contributed by atoms with E-state index in [-0.39, 0.29) is 11.3 Å². The van der Waals surface area contributed by atoms with Crippen LogP contribution in [-0.2, 0) is 4.74 Å². The summed E-state index contributed by atoms with van der Waals surface area (Å²) in [5.74, 6) is 4.21. The summed E-state index contributed by atoms with van der Waals surface area (Å²) >= 11 is 0. The average molecular weight is 194 g/mol. The molecule has 0 heterocycles. The van der Waals surface area contributed by atoms with Crippen LogP contribution in [0.2, 0.25) is 0 Å². The van der Waals surface area contributed by atoms with Gasteiger partial charge < -0.3 is 15.7 Å². The number of nitrogens with zero attached hydrogens (tertiary/aromatic N) is 1. The Morgan fingerprint density at radius 1 is 1.64 bits per heavy atom. The third kappa shape index (κ3) is 2.01. The molecule has 0 aliphatic heterocycles. The van der Waals surface area contributed by atoms with E-state index in [0.717, 1.165) is 0 Å². The second-order valence-electron chi connectivity index (χ2n) is 2.55. The number of nitrogens with two attached hydrogens (primary N) is 1.